The lowest BCUT2D eigenvalue weighted by Crippen LogP contribution is -1.98. The summed E-state index contributed by atoms with van der Waals surface area (Å²) in [7, 11) is 0. The molecule has 0 N–H and O–H groups in total. The number of rotatable bonds is 6. The average molecular weight is 496 g/mol. The molecule has 0 aliphatic rings. The molecule has 0 spiro atoms. The molecule has 0 heterocycles. The van der Waals surface area contributed by atoms with Gasteiger partial charge in [-0.1, -0.05) is 35.9 Å². The first-order valence-corrected chi connectivity index (χ1v) is 9.88. The minimum absolute atomic E-state index is 0.0568. The van der Waals surface area contributed by atoms with Gasteiger partial charge in [-0.15, -0.1) is 0 Å². The third-order valence-corrected chi connectivity index (χ3v) is 5.13. The Hall–Kier alpha value is -3.18. The standard InChI is InChI=1S/C23H17IN2O3/c1-16-2-7-19(8-3-16)20(14-25)12-18-6-11-23(22(24)13-18)29-15-17-4-9-21(10-5-17)26(27)28/h2-13H,15H2,1H3/b20-12-. The Balaban J connectivity index is 1.73. The third kappa shape index (κ3) is 5.42. The quantitative estimate of drug-likeness (QED) is 0.135. The normalized spacial score (nSPS) is 11.0. The Bertz CT molecular complexity index is 1100. The van der Waals surface area contributed by atoms with E-state index in [0.29, 0.717) is 12.2 Å². The SMILES string of the molecule is Cc1ccc(/C(C#N)=C\c2ccc(OCc3ccc([N+](=O)[O-])cc3)c(I)c2)cc1. The van der Waals surface area contributed by atoms with Gasteiger partial charge in [-0.2, -0.15) is 5.26 Å². The van der Waals surface area contributed by atoms with Crippen molar-refractivity contribution in [3.63, 3.8) is 0 Å². The molecule has 0 fully saturated rings. The highest BCUT2D eigenvalue weighted by molar-refractivity contribution is 14.1. The number of benzene rings is 3. The lowest BCUT2D eigenvalue weighted by Gasteiger charge is -2.09. The molecule has 0 amide bonds. The maximum Gasteiger partial charge on any atom is 0.269 e. The Morgan fingerprint density at radius 2 is 1.83 bits per heavy atom. The number of halogens is 1. The second kappa shape index (κ2) is 9.34. The van der Waals surface area contributed by atoms with Crippen LogP contribution in [0.3, 0.4) is 0 Å². The van der Waals surface area contributed by atoms with E-state index in [2.05, 4.69) is 28.7 Å². The number of hydrogen-bond acceptors (Lipinski definition) is 4. The highest BCUT2D eigenvalue weighted by Gasteiger charge is 2.07. The number of ether oxygens (including phenoxy) is 1. The molecule has 3 aromatic carbocycles. The summed E-state index contributed by atoms with van der Waals surface area (Å²) in [6, 6.07) is 22.1. The van der Waals surface area contributed by atoms with Crippen molar-refractivity contribution < 1.29 is 9.66 Å². The molecule has 0 aromatic heterocycles. The van der Waals surface area contributed by atoms with Crippen molar-refractivity contribution in [1.29, 1.82) is 5.26 Å². The highest BCUT2D eigenvalue weighted by Crippen LogP contribution is 2.26. The smallest absolute Gasteiger partial charge is 0.269 e. The average Bonchev–Trinajstić information content (AvgIpc) is 2.72. The molecule has 29 heavy (non-hydrogen) atoms. The Morgan fingerprint density at radius 3 is 2.41 bits per heavy atom. The van der Waals surface area contributed by atoms with E-state index < -0.39 is 4.92 Å². The van der Waals surface area contributed by atoms with Crippen LogP contribution < -0.4 is 4.74 Å². The van der Waals surface area contributed by atoms with Crippen molar-refractivity contribution in [3.05, 3.63) is 103 Å². The van der Waals surface area contributed by atoms with Crippen LogP contribution in [0.4, 0.5) is 5.69 Å². The molecular formula is C23H17IN2O3. The zero-order chi connectivity index (χ0) is 20.8. The summed E-state index contributed by atoms with van der Waals surface area (Å²) < 4.78 is 6.76. The van der Waals surface area contributed by atoms with Gasteiger partial charge in [0, 0.05) is 12.1 Å². The summed E-state index contributed by atoms with van der Waals surface area (Å²) in [5, 5.41) is 20.2. The van der Waals surface area contributed by atoms with E-state index in [1.54, 1.807) is 12.1 Å². The molecule has 0 radical (unpaired) electrons. The summed E-state index contributed by atoms with van der Waals surface area (Å²) in [4.78, 5) is 10.3. The lowest BCUT2D eigenvalue weighted by atomic mass is 10.0. The van der Waals surface area contributed by atoms with Crippen molar-refractivity contribution in [2.75, 3.05) is 0 Å². The van der Waals surface area contributed by atoms with Crippen molar-refractivity contribution in [2.45, 2.75) is 13.5 Å². The lowest BCUT2D eigenvalue weighted by molar-refractivity contribution is -0.384. The van der Waals surface area contributed by atoms with Gasteiger partial charge in [-0.3, -0.25) is 10.1 Å². The van der Waals surface area contributed by atoms with Gasteiger partial charge in [0.05, 0.1) is 20.1 Å². The van der Waals surface area contributed by atoms with E-state index in [0.717, 1.165) is 31.6 Å². The number of nitro groups is 1. The number of allylic oxidation sites excluding steroid dienone is 1. The van der Waals surface area contributed by atoms with Gasteiger partial charge in [-0.25, -0.2) is 0 Å². The molecule has 0 atom stereocenters. The molecule has 5 nitrogen and oxygen atoms in total. The van der Waals surface area contributed by atoms with E-state index in [4.69, 9.17) is 4.74 Å². The molecule has 0 saturated heterocycles. The van der Waals surface area contributed by atoms with E-state index in [1.165, 1.54) is 12.1 Å². The van der Waals surface area contributed by atoms with Gasteiger partial charge >= 0.3 is 0 Å². The number of nitrogens with zero attached hydrogens (tertiary/aromatic N) is 2. The number of aryl methyl sites for hydroxylation is 1. The summed E-state index contributed by atoms with van der Waals surface area (Å²) >= 11 is 2.19. The van der Waals surface area contributed by atoms with Gasteiger partial charge in [-0.05, 0) is 76.5 Å². The van der Waals surface area contributed by atoms with Crippen LogP contribution >= 0.6 is 22.6 Å². The van der Waals surface area contributed by atoms with Gasteiger partial charge in [0.2, 0.25) is 0 Å². The predicted molar refractivity (Wildman–Crippen MR) is 121 cm³/mol. The molecule has 144 valence electrons. The topological polar surface area (TPSA) is 76.2 Å². The molecule has 3 rings (SSSR count). The maximum atomic E-state index is 10.7. The van der Waals surface area contributed by atoms with E-state index in [9.17, 15) is 15.4 Å². The van der Waals surface area contributed by atoms with Crippen LogP contribution in [0.2, 0.25) is 0 Å². The Kier molecular flexibility index (Phi) is 6.62. The van der Waals surface area contributed by atoms with E-state index >= 15 is 0 Å². The van der Waals surface area contributed by atoms with Crippen LogP contribution in [0, 0.1) is 31.9 Å². The summed E-state index contributed by atoms with van der Waals surface area (Å²) in [5.74, 6) is 0.718. The summed E-state index contributed by atoms with van der Waals surface area (Å²) in [5.41, 5.74) is 4.44. The van der Waals surface area contributed by atoms with Crippen molar-refractivity contribution in [3.8, 4) is 11.8 Å². The second-order valence-electron chi connectivity index (χ2n) is 6.44. The van der Waals surface area contributed by atoms with Crippen molar-refractivity contribution in [1.82, 2.24) is 0 Å². The minimum Gasteiger partial charge on any atom is -0.488 e. The van der Waals surface area contributed by atoms with Crippen molar-refractivity contribution in [2.24, 2.45) is 0 Å². The first kappa shape index (κ1) is 20.6. The van der Waals surface area contributed by atoms with Crippen LogP contribution in [0.25, 0.3) is 11.6 Å². The van der Waals surface area contributed by atoms with Crippen LogP contribution in [0.5, 0.6) is 5.75 Å². The third-order valence-electron chi connectivity index (χ3n) is 4.29. The maximum absolute atomic E-state index is 10.7. The van der Waals surface area contributed by atoms with Crippen molar-refractivity contribution >= 4 is 39.9 Å². The van der Waals surface area contributed by atoms with Crippen LogP contribution in [-0.4, -0.2) is 4.92 Å². The highest BCUT2D eigenvalue weighted by atomic mass is 127. The molecule has 0 bridgehead atoms. The van der Waals surface area contributed by atoms with Gasteiger partial charge in [0.1, 0.15) is 12.4 Å². The van der Waals surface area contributed by atoms with Gasteiger partial charge < -0.3 is 4.74 Å². The van der Waals surface area contributed by atoms with Crippen LogP contribution in [0.15, 0.2) is 66.7 Å². The molecule has 0 saturated carbocycles. The fraction of sp³-hybridized carbons (Fsp3) is 0.0870. The fourth-order valence-corrected chi connectivity index (χ4v) is 3.37. The van der Waals surface area contributed by atoms with E-state index in [1.807, 2.05) is 55.5 Å². The van der Waals surface area contributed by atoms with Crippen LogP contribution in [-0.2, 0) is 6.61 Å². The number of nitro benzene ring substituents is 1. The Labute approximate surface area is 182 Å². The largest absolute Gasteiger partial charge is 0.488 e. The van der Waals surface area contributed by atoms with Gasteiger partial charge in [0.25, 0.3) is 5.69 Å². The first-order chi connectivity index (χ1) is 14.0. The zero-order valence-corrected chi connectivity index (χ0v) is 17.8. The monoisotopic (exact) mass is 496 g/mol. The zero-order valence-electron chi connectivity index (χ0n) is 15.6. The minimum atomic E-state index is -0.425. The molecule has 0 aliphatic heterocycles. The number of nitriles is 1. The molecule has 6 heteroatoms. The number of non-ortho nitro benzene ring substituents is 1. The summed E-state index contributed by atoms with van der Waals surface area (Å²) in [6.07, 6.45) is 1.85. The van der Waals surface area contributed by atoms with Crippen LogP contribution in [0.1, 0.15) is 22.3 Å². The molecule has 0 aliphatic carbocycles. The van der Waals surface area contributed by atoms with Gasteiger partial charge in [0.15, 0.2) is 0 Å². The molecule has 0 unspecified atom stereocenters. The molecule has 3 aromatic rings. The fourth-order valence-electron chi connectivity index (χ4n) is 2.68. The summed E-state index contributed by atoms with van der Waals surface area (Å²) in [6.45, 7) is 2.33. The Morgan fingerprint density at radius 1 is 1.14 bits per heavy atom. The van der Waals surface area contributed by atoms with E-state index in [-0.39, 0.29) is 5.69 Å². The first-order valence-electron chi connectivity index (χ1n) is 8.81. The number of hydrogen-bond donors (Lipinski definition) is 0. The molecular weight excluding hydrogens is 479 g/mol. The second-order valence-corrected chi connectivity index (χ2v) is 7.60. The predicted octanol–water partition coefficient (Wildman–Crippen LogP) is 6.15.